The van der Waals surface area contributed by atoms with Crippen LogP contribution in [-0.4, -0.2) is 10.6 Å². The number of carbonyl (C=O) groups is 1. The van der Waals surface area contributed by atoms with Crippen molar-refractivity contribution in [2.75, 3.05) is 5.43 Å². The van der Waals surface area contributed by atoms with E-state index in [1.165, 1.54) is 22.3 Å². The Kier molecular flexibility index (Phi) is 1.60. The van der Waals surface area contributed by atoms with Gasteiger partial charge in [-0.15, -0.1) is 0 Å². The average Bonchev–Trinajstić information content (AvgIpc) is 2.84. The van der Waals surface area contributed by atoms with Crippen LogP contribution in [0.2, 0.25) is 0 Å². The van der Waals surface area contributed by atoms with Gasteiger partial charge >= 0.3 is 0 Å². The van der Waals surface area contributed by atoms with Crippen molar-refractivity contribution < 1.29 is 4.79 Å². The van der Waals surface area contributed by atoms with Crippen LogP contribution >= 0.6 is 0 Å². The fraction of sp³-hybridized carbons (Fsp3) is 0.214. The van der Waals surface area contributed by atoms with Gasteiger partial charge in [-0.1, -0.05) is 24.3 Å². The van der Waals surface area contributed by atoms with Crippen LogP contribution in [0.3, 0.4) is 0 Å². The zero-order valence-electron chi connectivity index (χ0n) is 9.36. The van der Waals surface area contributed by atoms with Gasteiger partial charge in [-0.2, -0.15) is 0 Å². The van der Waals surface area contributed by atoms with Crippen LogP contribution in [0.25, 0.3) is 11.1 Å². The second-order valence-corrected chi connectivity index (χ2v) is 4.71. The first kappa shape index (κ1) is 9.05. The number of nitrogens with zero attached hydrogens (tertiary/aromatic N) is 1. The maximum Gasteiger partial charge on any atom is 0.244 e. The highest BCUT2D eigenvalue weighted by atomic mass is 16.2. The molecule has 0 atom stereocenters. The molecule has 2 aliphatic rings. The van der Waals surface area contributed by atoms with E-state index in [4.69, 9.17) is 0 Å². The quantitative estimate of drug-likeness (QED) is 0.728. The van der Waals surface area contributed by atoms with Gasteiger partial charge in [0.25, 0.3) is 0 Å². The number of rotatable bonds is 0. The predicted octanol–water partition coefficient (Wildman–Crippen LogP) is 1.88. The lowest BCUT2D eigenvalue weighted by molar-refractivity contribution is -0.115. The lowest BCUT2D eigenvalue weighted by atomic mass is 9.86. The van der Waals surface area contributed by atoms with Crippen LogP contribution in [-0.2, 0) is 24.1 Å². The van der Waals surface area contributed by atoms with Gasteiger partial charge in [0.15, 0.2) is 0 Å². The standard InChI is InChI=1S/C14H12N2O/c17-13-7-12-14-10(8-16(12)15-13)6-5-9-3-1-2-4-11(9)14/h1-4,8H,5-7H2,(H,15,17). The number of nitrogens with one attached hydrogen (secondary N) is 1. The third-order valence-corrected chi connectivity index (χ3v) is 3.71. The lowest BCUT2D eigenvalue weighted by Crippen LogP contribution is -2.13. The van der Waals surface area contributed by atoms with Gasteiger partial charge in [0.05, 0.1) is 12.1 Å². The molecule has 0 fully saturated rings. The highest BCUT2D eigenvalue weighted by molar-refractivity contribution is 5.92. The Morgan fingerprint density at radius 1 is 1.12 bits per heavy atom. The Morgan fingerprint density at radius 3 is 2.88 bits per heavy atom. The molecule has 1 aromatic heterocycles. The predicted molar refractivity (Wildman–Crippen MR) is 65.3 cm³/mol. The molecule has 0 saturated carbocycles. The molecule has 0 spiro atoms. The number of aryl methyl sites for hydroxylation is 2. The maximum atomic E-state index is 11.4. The molecule has 4 rings (SSSR count). The van der Waals surface area contributed by atoms with Gasteiger partial charge in [0, 0.05) is 11.8 Å². The van der Waals surface area contributed by atoms with Gasteiger partial charge in [-0.05, 0) is 29.5 Å². The van der Waals surface area contributed by atoms with Gasteiger partial charge in [0.2, 0.25) is 5.91 Å². The summed E-state index contributed by atoms with van der Waals surface area (Å²) < 4.78 is 1.90. The maximum absolute atomic E-state index is 11.4. The molecule has 1 aromatic carbocycles. The van der Waals surface area contributed by atoms with Gasteiger partial charge in [-0.3, -0.25) is 14.9 Å². The minimum absolute atomic E-state index is 0.0888. The normalized spacial score (nSPS) is 16.1. The van der Waals surface area contributed by atoms with Crippen molar-refractivity contribution in [3.8, 4) is 11.1 Å². The van der Waals surface area contributed by atoms with Crippen molar-refractivity contribution in [3.05, 3.63) is 47.3 Å². The molecule has 0 radical (unpaired) electrons. The van der Waals surface area contributed by atoms with Crippen LogP contribution < -0.4 is 5.43 Å². The number of benzene rings is 1. The summed E-state index contributed by atoms with van der Waals surface area (Å²) in [5.74, 6) is 0.0888. The molecule has 3 nitrogen and oxygen atoms in total. The molecule has 1 N–H and O–H groups in total. The Bertz CT molecular complexity index is 640. The number of carbonyl (C=O) groups excluding carboxylic acids is 1. The molecular weight excluding hydrogens is 212 g/mol. The second kappa shape index (κ2) is 3.00. The summed E-state index contributed by atoms with van der Waals surface area (Å²) in [6, 6.07) is 8.51. The zero-order chi connectivity index (χ0) is 11.4. The highest BCUT2D eigenvalue weighted by Gasteiger charge is 2.28. The molecule has 1 amide bonds. The molecule has 0 bridgehead atoms. The molecule has 3 heteroatoms. The van der Waals surface area contributed by atoms with Gasteiger partial charge < -0.3 is 0 Å². The topological polar surface area (TPSA) is 34.0 Å². The Hall–Kier alpha value is -2.03. The van der Waals surface area contributed by atoms with Crippen LogP contribution in [0.4, 0.5) is 0 Å². The van der Waals surface area contributed by atoms with Crippen LogP contribution in [0.15, 0.2) is 30.5 Å². The summed E-state index contributed by atoms with van der Waals surface area (Å²) in [6.45, 7) is 0. The summed E-state index contributed by atoms with van der Waals surface area (Å²) in [6.07, 6.45) is 4.75. The number of hydrogen-bond acceptors (Lipinski definition) is 1. The van der Waals surface area contributed by atoms with Crippen molar-refractivity contribution in [2.45, 2.75) is 19.3 Å². The molecule has 0 saturated heterocycles. The number of hydrogen-bond donors (Lipinski definition) is 1. The summed E-state index contributed by atoms with van der Waals surface area (Å²) >= 11 is 0. The van der Waals surface area contributed by atoms with Gasteiger partial charge in [-0.25, -0.2) is 0 Å². The van der Waals surface area contributed by atoms with Gasteiger partial charge in [0.1, 0.15) is 0 Å². The first-order valence-corrected chi connectivity index (χ1v) is 5.94. The van der Waals surface area contributed by atoms with E-state index in [-0.39, 0.29) is 5.91 Å². The third kappa shape index (κ3) is 1.14. The van der Waals surface area contributed by atoms with Crippen molar-refractivity contribution in [1.82, 2.24) is 4.68 Å². The smallest absolute Gasteiger partial charge is 0.244 e. The third-order valence-electron chi connectivity index (χ3n) is 3.71. The zero-order valence-corrected chi connectivity index (χ0v) is 9.36. The van der Waals surface area contributed by atoms with E-state index in [0.717, 1.165) is 18.5 Å². The lowest BCUT2D eigenvalue weighted by Gasteiger charge is -2.16. The summed E-state index contributed by atoms with van der Waals surface area (Å²) in [7, 11) is 0. The fourth-order valence-corrected chi connectivity index (χ4v) is 2.97. The van der Waals surface area contributed by atoms with Crippen LogP contribution in [0, 0.1) is 0 Å². The van der Waals surface area contributed by atoms with E-state index >= 15 is 0 Å². The molecular formula is C14H12N2O. The van der Waals surface area contributed by atoms with E-state index in [2.05, 4.69) is 35.9 Å². The Morgan fingerprint density at radius 2 is 1.94 bits per heavy atom. The SMILES string of the molecule is O=C1Cc2c3c(cn2N1)CCc1ccccc1-3. The minimum atomic E-state index is 0.0888. The second-order valence-electron chi connectivity index (χ2n) is 4.71. The number of aromatic nitrogens is 1. The monoisotopic (exact) mass is 224 g/mol. The Labute approximate surface area is 99.0 Å². The molecule has 1 aliphatic carbocycles. The molecule has 17 heavy (non-hydrogen) atoms. The van der Waals surface area contributed by atoms with E-state index in [0.29, 0.717) is 6.42 Å². The van der Waals surface area contributed by atoms with E-state index in [1.54, 1.807) is 0 Å². The first-order valence-electron chi connectivity index (χ1n) is 5.94. The van der Waals surface area contributed by atoms with E-state index < -0.39 is 0 Å². The van der Waals surface area contributed by atoms with Crippen LogP contribution in [0.5, 0.6) is 0 Å². The van der Waals surface area contributed by atoms with Crippen molar-refractivity contribution in [1.29, 1.82) is 0 Å². The summed E-state index contributed by atoms with van der Waals surface area (Å²) in [4.78, 5) is 11.4. The summed E-state index contributed by atoms with van der Waals surface area (Å²) in [5, 5.41) is 0. The number of amides is 1. The Balaban J connectivity index is 2.00. The average molecular weight is 224 g/mol. The summed E-state index contributed by atoms with van der Waals surface area (Å²) in [5.41, 5.74) is 9.33. The van der Waals surface area contributed by atoms with Crippen LogP contribution in [0.1, 0.15) is 16.8 Å². The highest BCUT2D eigenvalue weighted by Crippen LogP contribution is 2.38. The van der Waals surface area contributed by atoms with Crippen molar-refractivity contribution in [2.24, 2.45) is 0 Å². The number of fused-ring (bicyclic) bond motifs is 5. The minimum Gasteiger partial charge on any atom is -0.273 e. The molecule has 2 aromatic rings. The molecule has 1 aliphatic heterocycles. The first-order chi connectivity index (χ1) is 8.33. The van der Waals surface area contributed by atoms with Crippen molar-refractivity contribution >= 4 is 5.91 Å². The largest absolute Gasteiger partial charge is 0.273 e. The molecule has 2 heterocycles. The van der Waals surface area contributed by atoms with E-state index in [9.17, 15) is 4.79 Å². The van der Waals surface area contributed by atoms with Crippen molar-refractivity contribution in [3.63, 3.8) is 0 Å². The molecule has 0 unspecified atom stereocenters. The molecule has 84 valence electrons. The van der Waals surface area contributed by atoms with E-state index in [1.807, 2.05) is 4.68 Å². The fourth-order valence-electron chi connectivity index (χ4n) is 2.97.